The highest BCUT2D eigenvalue weighted by atomic mass is 31.2. The lowest BCUT2D eigenvalue weighted by Gasteiger charge is -2.38. The largest absolute Gasteiger partial charge is 0.475 e. The van der Waals surface area contributed by atoms with Crippen molar-refractivity contribution in [3.63, 3.8) is 0 Å². The molecule has 0 aromatic rings. The molecule has 0 heterocycles. The van der Waals surface area contributed by atoms with Gasteiger partial charge >= 0.3 is 7.82 Å². The van der Waals surface area contributed by atoms with Crippen molar-refractivity contribution in [3.05, 3.63) is 23.8 Å². The molecule has 1 aliphatic carbocycles. The van der Waals surface area contributed by atoms with Crippen molar-refractivity contribution in [2.45, 2.75) is 53.6 Å². The van der Waals surface area contributed by atoms with Crippen LogP contribution in [0.3, 0.4) is 0 Å². The second-order valence-electron chi connectivity index (χ2n) is 5.88. The van der Waals surface area contributed by atoms with E-state index in [2.05, 4.69) is 39.8 Å². The number of allylic oxidation sites excluding steroid dienone is 2. The minimum atomic E-state index is -3.53. The van der Waals surface area contributed by atoms with Gasteiger partial charge in [0.15, 0.2) is 0 Å². The molecule has 0 amide bonds. The van der Waals surface area contributed by atoms with E-state index in [-0.39, 0.29) is 5.92 Å². The molecule has 0 N–H and O–H groups in total. The molecule has 21 heavy (non-hydrogen) atoms. The van der Waals surface area contributed by atoms with Crippen LogP contribution in [-0.2, 0) is 18.1 Å². The lowest BCUT2D eigenvalue weighted by Crippen LogP contribution is -2.37. The maximum Gasteiger partial charge on any atom is 0.475 e. The number of hydrogen-bond acceptors (Lipinski definition) is 4. The normalized spacial score (nSPS) is 23.0. The Kier molecular flexibility index (Phi) is 6.86. The minimum Gasteiger partial charge on any atom is -0.287 e. The Morgan fingerprint density at radius 1 is 1.19 bits per heavy atom. The van der Waals surface area contributed by atoms with E-state index in [0.29, 0.717) is 25.6 Å². The molecule has 0 saturated carbocycles. The number of phosphoric ester groups is 1. The molecule has 0 radical (unpaired) electrons. The van der Waals surface area contributed by atoms with Gasteiger partial charge in [-0.3, -0.25) is 13.6 Å². The summed E-state index contributed by atoms with van der Waals surface area (Å²) < 4.78 is 29.2. The predicted molar refractivity (Wildman–Crippen MR) is 86.2 cm³/mol. The SMILES string of the molecule is CCOP(=O)(OCC)OC1(C(C)C)C=CC(C(C)C)=CC1. The molecular formula is C16H29O4P. The summed E-state index contributed by atoms with van der Waals surface area (Å²) in [5.74, 6) is 0.630. The van der Waals surface area contributed by atoms with Gasteiger partial charge in [0, 0.05) is 0 Å². The van der Waals surface area contributed by atoms with Gasteiger partial charge in [-0.25, -0.2) is 4.57 Å². The van der Waals surface area contributed by atoms with E-state index in [9.17, 15) is 4.57 Å². The zero-order valence-corrected chi connectivity index (χ0v) is 15.0. The first-order valence-corrected chi connectivity index (χ1v) is 9.23. The molecule has 0 aromatic carbocycles. The molecule has 0 aliphatic heterocycles. The number of phosphoric acid groups is 1. The minimum absolute atomic E-state index is 0.160. The molecule has 0 bridgehead atoms. The smallest absolute Gasteiger partial charge is 0.287 e. The molecule has 1 atom stereocenters. The fourth-order valence-corrected chi connectivity index (χ4v) is 3.87. The maximum absolute atomic E-state index is 12.7. The van der Waals surface area contributed by atoms with Gasteiger partial charge in [0.1, 0.15) is 5.60 Å². The molecule has 4 nitrogen and oxygen atoms in total. The predicted octanol–water partition coefficient (Wildman–Crippen LogP) is 5.12. The standard InChI is InChI=1S/C16H29O4P/c1-7-18-21(17,19-8-2)20-16(14(5)6)11-9-15(10-12-16)13(3)4/h9-11,13-14H,7-8,12H2,1-6H3. The lowest BCUT2D eigenvalue weighted by atomic mass is 9.81. The third kappa shape index (κ3) is 4.79. The van der Waals surface area contributed by atoms with E-state index >= 15 is 0 Å². The van der Waals surface area contributed by atoms with Gasteiger partial charge in [-0.05, 0) is 37.7 Å². The van der Waals surface area contributed by atoms with Crippen molar-refractivity contribution in [1.82, 2.24) is 0 Å². The summed E-state index contributed by atoms with van der Waals surface area (Å²) in [5, 5.41) is 0. The van der Waals surface area contributed by atoms with Gasteiger partial charge in [-0.15, -0.1) is 0 Å². The van der Waals surface area contributed by atoms with Gasteiger partial charge in [0.25, 0.3) is 0 Å². The van der Waals surface area contributed by atoms with Gasteiger partial charge in [-0.2, -0.15) is 0 Å². The first-order valence-electron chi connectivity index (χ1n) is 7.77. The van der Waals surface area contributed by atoms with Crippen molar-refractivity contribution < 1.29 is 18.1 Å². The summed E-state index contributed by atoms with van der Waals surface area (Å²) in [7, 11) is -3.53. The first kappa shape index (κ1) is 18.6. The average molecular weight is 316 g/mol. The van der Waals surface area contributed by atoms with Crippen LogP contribution < -0.4 is 0 Å². The second-order valence-corrected chi connectivity index (χ2v) is 7.47. The molecule has 0 saturated heterocycles. The van der Waals surface area contributed by atoms with E-state index < -0.39 is 13.4 Å². The third-order valence-corrected chi connectivity index (χ3v) is 5.43. The molecule has 0 fully saturated rings. The molecule has 5 heteroatoms. The van der Waals surface area contributed by atoms with E-state index in [1.807, 2.05) is 6.08 Å². The first-order chi connectivity index (χ1) is 9.78. The van der Waals surface area contributed by atoms with Crippen molar-refractivity contribution >= 4 is 7.82 Å². The van der Waals surface area contributed by atoms with E-state index in [4.69, 9.17) is 13.6 Å². The summed E-state index contributed by atoms with van der Waals surface area (Å²) in [6.07, 6.45) is 6.92. The zero-order valence-electron chi connectivity index (χ0n) is 14.1. The van der Waals surface area contributed by atoms with Crippen molar-refractivity contribution in [3.8, 4) is 0 Å². The van der Waals surface area contributed by atoms with Crippen molar-refractivity contribution in [1.29, 1.82) is 0 Å². The van der Waals surface area contributed by atoms with Crippen LogP contribution in [0.1, 0.15) is 48.0 Å². The summed E-state index contributed by atoms with van der Waals surface area (Å²) in [4.78, 5) is 0. The molecule has 122 valence electrons. The highest BCUT2D eigenvalue weighted by Crippen LogP contribution is 2.55. The molecular weight excluding hydrogens is 287 g/mol. The summed E-state index contributed by atoms with van der Waals surface area (Å²) >= 11 is 0. The van der Waals surface area contributed by atoms with Crippen LogP contribution in [0.2, 0.25) is 0 Å². The van der Waals surface area contributed by atoms with Crippen LogP contribution in [0.4, 0.5) is 0 Å². The van der Waals surface area contributed by atoms with E-state index in [1.54, 1.807) is 13.8 Å². The topological polar surface area (TPSA) is 44.8 Å². The van der Waals surface area contributed by atoms with Crippen molar-refractivity contribution in [2.75, 3.05) is 13.2 Å². The quantitative estimate of drug-likeness (QED) is 0.583. The maximum atomic E-state index is 12.7. The van der Waals surface area contributed by atoms with Crippen molar-refractivity contribution in [2.24, 2.45) is 11.8 Å². The fraction of sp³-hybridized carbons (Fsp3) is 0.750. The van der Waals surface area contributed by atoms with Crippen LogP contribution in [0.15, 0.2) is 23.8 Å². The lowest BCUT2D eigenvalue weighted by molar-refractivity contribution is 0.0141. The third-order valence-electron chi connectivity index (χ3n) is 3.71. The molecule has 0 aromatic heterocycles. The van der Waals surface area contributed by atoms with Crippen LogP contribution in [-0.4, -0.2) is 18.8 Å². The van der Waals surface area contributed by atoms with Crippen LogP contribution in [0, 0.1) is 11.8 Å². The molecule has 0 spiro atoms. The summed E-state index contributed by atoms with van der Waals surface area (Å²) in [6, 6.07) is 0. The van der Waals surface area contributed by atoms with Crippen LogP contribution in [0.5, 0.6) is 0 Å². The van der Waals surface area contributed by atoms with Gasteiger partial charge in [-0.1, -0.05) is 45.9 Å². The van der Waals surface area contributed by atoms with Gasteiger partial charge in [0.05, 0.1) is 13.2 Å². The van der Waals surface area contributed by atoms with E-state index in [0.717, 1.165) is 0 Å². The van der Waals surface area contributed by atoms with E-state index in [1.165, 1.54) is 5.57 Å². The summed E-state index contributed by atoms with van der Waals surface area (Å²) in [5.41, 5.74) is 0.635. The monoisotopic (exact) mass is 316 g/mol. The van der Waals surface area contributed by atoms with Crippen LogP contribution >= 0.6 is 7.82 Å². The zero-order chi connectivity index (χ0) is 16.1. The molecule has 1 rings (SSSR count). The Balaban J connectivity index is 2.99. The highest BCUT2D eigenvalue weighted by molar-refractivity contribution is 7.48. The van der Waals surface area contributed by atoms with Gasteiger partial charge < -0.3 is 0 Å². The Morgan fingerprint density at radius 3 is 2.10 bits per heavy atom. The number of rotatable bonds is 8. The Labute approximate surface area is 129 Å². The Hall–Kier alpha value is -0.410. The fourth-order valence-electron chi connectivity index (χ4n) is 2.29. The Morgan fingerprint density at radius 2 is 1.76 bits per heavy atom. The second kappa shape index (κ2) is 7.73. The Bertz CT molecular complexity index is 430. The van der Waals surface area contributed by atoms with Crippen LogP contribution in [0.25, 0.3) is 0 Å². The number of hydrogen-bond donors (Lipinski definition) is 0. The summed E-state index contributed by atoms with van der Waals surface area (Å²) in [6.45, 7) is 12.6. The average Bonchev–Trinajstić information content (AvgIpc) is 2.39. The molecule has 1 aliphatic rings. The molecule has 1 unspecified atom stereocenters. The highest BCUT2D eigenvalue weighted by Gasteiger charge is 2.42. The van der Waals surface area contributed by atoms with Gasteiger partial charge in [0.2, 0.25) is 0 Å².